The summed E-state index contributed by atoms with van der Waals surface area (Å²) in [6, 6.07) is 4.65. The van der Waals surface area contributed by atoms with Crippen LogP contribution in [0.5, 0.6) is 0 Å². The molecule has 0 radical (unpaired) electrons. The summed E-state index contributed by atoms with van der Waals surface area (Å²) in [4.78, 5) is 10.6. The van der Waals surface area contributed by atoms with Crippen LogP contribution < -0.4 is 0 Å². The summed E-state index contributed by atoms with van der Waals surface area (Å²) >= 11 is 1.42. The normalized spacial score (nSPS) is 30.0. The molecule has 2 aliphatic rings. The Bertz CT molecular complexity index is 767. The molecule has 2 fully saturated rings. The number of aliphatic hydroxyl groups is 2. The minimum Gasteiger partial charge on any atom is -0.481 e. The second-order valence-corrected chi connectivity index (χ2v) is 9.43. The highest BCUT2D eigenvalue weighted by atomic mass is 32.2. The molecule has 2 saturated carbocycles. The average molecular weight is 445 g/mol. The van der Waals surface area contributed by atoms with E-state index in [2.05, 4.69) is 0 Å². The summed E-state index contributed by atoms with van der Waals surface area (Å²) in [5.74, 6) is 1.17. The number of thioether (sulfide) groups is 1. The van der Waals surface area contributed by atoms with Gasteiger partial charge in [0, 0.05) is 5.92 Å². The van der Waals surface area contributed by atoms with E-state index in [9.17, 15) is 28.2 Å². The molecule has 0 bridgehead atoms. The Balaban J connectivity index is 1.58. The van der Waals surface area contributed by atoms with Crippen LogP contribution in [-0.2, 0) is 11.0 Å². The Hall–Kier alpha value is -1.51. The van der Waals surface area contributed by atoms with Gasteiger partial charge >= 0.3 is 12.1 Å². The first-order valence-corrected chi connectivity index (χ1v) is 11.3. The Kier molecular flexibility index (Phi) is 7.52. The number of carboxylic acid groups (broad SMARTS) is 1. The van der Waals surface area contributed by atoms with Crippen molar-refractivity contribution in [3.05, 3.63) is 47.5 Å². The first-order valence-electron chi connectivity index (χ1n) is 10.2. The van der Waals surface area contributed by atoms with Crippen LogP contribution in [0.25, 0.3) is 0 Å². The quantitative estimate of drug-likeness (QED) is 0.406. The molecule has 3 rings (SSSR count). The molecule has 2 aliphatic carbocycles. The van der Waals surface area contributed by atoms with E-state index in [1.54, 1.807) is 6.08 Å². The van der Waals surface area contributed by atoms with E-state index >= 15 is 0 Å². The van der Waals surface area contributed by atoms with E-state index in [0.29, 0.717) is 24.2 Å². The third-order valence-corrected chi connectivity index (χ3v) is 7.27. The zero-order chi connectivity index (χ0) is 21.9. The predicted molar refractivity (Wildman–Crippen MR) is 109 cm³/mol. The second kappa shape index (κ2) is 9.75. The molecule has 4 nitrogen and oxygen atoms in total. The number of hydrogen-bond acceptors (Lipinski definition) is 4. The molecule has 0 amide bonds. The van der Waals surface area contributed by atoms with Crippen molar-refractivity contribution in [3.63, 3.8) is 0 Å². The molecule has 1 aromatic rings. The summed E-state index contributed by atoms with van der Waals surface area (Å²) in [6.45, 7) is 0. The van der Waals surface area contributed by atoms with Crippen LogP contribution in [0.3, 0.4) is 0 Å². The van der Waals surface area contributed by atoms with Gasteiger partial charge in [0.1, 0.15) is 0 Å². The van der Waals surface area contributed by atoms with Crippen molar-refractivity contribution >= 4 is 17.7 Å². The maximum absolute atomic E-state index is 12.9. The molecule has 0 spiro atoms. The molecule has 3 N–H and O–H groups in total. The highest BCUT2D eigenvalue weighted by Crippen LogP contribution is 2.51. The maximum Gasteiger partial charge on any atom is 0.416 e. The molecule has 166 valence electrons. The summed E-state index contributed by atoms with van der Waals surface area (Å²) in [6.07, 6.45) is 0.720. The zero-order valence-electron chi connectivity index (χ0n) is 16.5. The van der Waals surface area contributed by atoms with Crippen LogP contribution in [-0.4, -0.2) is 38.9 Å². The number of rotatable bonds is 8. The minimum absolute atomic E-state index is 0.108. The molecular formula is C22H27F3O4S. The van der Waals surface area contributed by atoms with E-state index in [0.717, 1.165) is 37.1 Å². The van der Waals surface area contributed by atoms with Crippen LogP contribution in [0.15, 0.2) is 36.4 Å². The van der Waals surface area contributed by atoms with Crippen molar-refractivity contribution in [1.82, 2.24) is 0 Å². The summed E-state index contributed by atoms with van der Waals surface area (Å²) < 4.78 is 38.7. The Morgan fingerprint density at radius 3 is 2.73 bits per heavy atom. The van der Waals surface area contributed by atoms with E-state index in [1.807, 2.05) is 0 Å². The lowest BCUT2D eigenvalue weighted by molar-refractivity contribution is -0.137. The molecule has 0 aromatic heterocycles. The molecule has 0 aliphatic heterocycles. The number of halogens is 3. The van der Waals surface area contributed by atoms with E-state index in [4.69, 9.17) is 5.11 Å². The molecule has 30 heavy (non-hydrogen) atoms. The lowest BCUT2D eigenvalue weighted by Crippen LogP contribution is -2.18. The van der Waals surface area contributed by atoms with Crippen molar-refractivity contribution in [2.45, 2.75) is 44.1 Å². The Morgan fingerprint density at radius 1 is 1.27 bits per heavy atom. The highest BCUT2D eigenvalue weighted by Gasteiger charge is 2.46. The van der Waals surface area contributed by atoms with Crippen LogP contribution in [0.2, 0.25) is 0 Å². The number of alkyl halides is 3. The Labute approximate surface area is 178 Å². The maximum atomic E-state index is 12.9. The van der Waals surface area contributed by atoms with Gasteiger partial charge in [0.15, 0.2) is 0 Å². The number of aliphatic hydroxyl groups excluding tert-OH is 2. The largest absolute Gasteiger partial charge is 0.481 e. The van der Waals surface area contributed by atoms with Gasteiger partial charge in [-0.15, -0.1) is 0 Å². The van der Waals surface area contributed by atoms with Gasteiger partial charge in [0.05, 0.1) is 23.5 Å². The fourth-order valence-electron chi connectivity index (χ4n) is 4.93. The van der Waals surface area contributed by atoms with Crippen LogP contribution in [0, 0.1) is 23.7 Å². The molecule has 2 unspecified atom stereocenters. The lowest BCUT2D eigenvalue weighted by atomic mass is 9.89. The molecule has 0 heterocycles. The average Bonchev–Trinajstić information content (AvgIpc) is 3.19. The predicted octanol–water partition coefficient (Wildman–Crippen LogP) is 4.53. The summed E-state index contributed by atoms with van der Waals surface area (Å²) in [5.41, 5.74) is -0.627. The van der Waals surface area contributed by atoms with E-state index < -0.39 is 29.9 Å². The van der Waals surface area contributed by atoms with Crippen molar-refractivity contribution in [2.24, 2.45) is 23.7 Å². The third-order valence-electron chi connectivity index (χ3n) is 6.30. The standard InChI is InChI=1S/C22H27F3O4S/c23-22(24,25)16-3-1-2-14(10-16)19(26)5-4-17-18-9-13(6-7-30-12-21(28)29)8-15(18)11-20(17)27/h1-5,10,13,15,17-20,26-27H,6-9,11-12H2,(H,28,29)/t13?,15-,17-,18+,19?,20-/m0/s1. The fraction of sp³-hybridized carbons (Fsp3) is 0.591. The summed E-state index contributed by atoms with van der Waals surface area (Å²) in [5, 5.41) is 29.5. The zero-order valence-corrected chi connectivity index (χ0v) is 17.3. The smallest absolute Gasteiger partial charge is 0.416 e. The van der Waals surface area contributed by atoms with Crippen LogP contribution in [0.4, 0.5) is 13.2 Å². The van der Waals surface area contributed by atoms with Crippen LogP contribution in [0.1, 0.15) is 42.9 Å². The lowest BCUT2D eigenvalue weighted by Gasteiger charge is -2.19. The first kappa shape index (κ1) is 23.2. The number of carbonyl (C=O) groups is 1. The number of aliphatic carboxylic acids is 1. The van der Waals surface area contributed by atoms with Gasteiger partial charge in [-0.1, -0.05) is 24.3 Å². The number of hydrogen-bond donors (Lipinski definition) is 3. The molecule has 6 atom stereocenters. The van der Waals surface area contributed by atoms with Gasteiger partial charge in [-0.25, -0.2) is 0 Å². The minimum atomic E-state index is -4.46. The topological polar surface area (TPSA) is 77.8 Å². The van der Waals surface area contributed by atoms with Crippen molar-refractivity contribution in [2.75, 3.05) is 11.5 Å². The molecular weight excluding hydrogens is 417 g/mol. The van der Waals surface area contributed by atoms with E-state index in [-0.39, 0.29) is 17.2 Å². The molecule has 1 aromatic carbocycles. The first-order chi connectivity index (χ1) is 14.1. The SMILES string of the molecule is O=C(O)CSCCC1C[C@H]2C[C@H](O)[C@@H](C=CC(O)c3cccc(C(F)(F)F)c3)[C@@H]2C1. The molecule has 0 saturated heterocycles. The van der Waals surface area contributed by atoms with Crippen molar-refractivity contribution in [1.29, 1.82) is 0 Å². The second-order valence-electron chi connectivity index (χ2n) is 8.33. The van der Waals surface area contributed by atoms with Gasteiger partial charge in [-0.05, 0) is 66.9 Å². The molecule has 8 heteroatoms. The Morgan fingerprint density at radius 2 is 2.03 bits per heavy atom. The van der Waals surface area contributed by atoms with Gasteiger partial charge in [-0.2, -0.15) is 24.9 Å². The van der Waals surface area contributed by atoms with Gasteiger partial charge in [-0.3, -0.25) is 4.79 Å². The number of fused-ring (bicyclic) bond motifs is 1. The summed E-state index contributed by atoms with van der Waals surface area (Å²) in [7, 11) is 0. The van der Waals surface area contributed by atoms with Gasteiger partial charge in [0.2, 0.25) is 0 Å². The van der Waals surface area contributed by atoms with Gasteiger partial charge in [0.25, 0.3) is 0 Å². The van der Waals surface area contributed by atoms with Gasteiger partial charge < -0.3 is 15.3 Å². The highest BCUT2D eigenvalue weighted by molar-refractivity contribution is 7.99. The fourth-order valence-corrected chi connectivity index (χ4v) is 5.75. The van der Waals surface area contributed by atoms with Crippen molar-refractivity contribution in [3.8, 4) is 0 Å². The third kappa shape index (κ3) is 5.80. The van der Waals surface area contributed by atoms with Crippen LogP contribution >= 0.6 is 11.8 Å². The number of carboxylic acids is 1. The van der Waals surface area contributed by atoms with E-state index in [1.165, 1.54) is 30.0 Å². The monoisotopic (exact) mass is 444 g/mol. The van der Waals surface area contributed by atoms with Crippen molar-refractivity contribution < 1.29 is 33.3 Å². The number of benzene rings is 1.